The molecular formula is C10H16N8O15P4. The molecule has 0 saturated carbocycles. The number of hydrogen-bond acceptors (Lipinski definition) is 14. The van der Waals surface area contributed by atoms with Crippen molar-refractivity contribution in [3.05, 3.63) is 23.1 Å². The van der Waals surface area contributed by atoms with E-state index in [1.165, 1.54) is 0 Å². The van der Waals surface area contributed by atoms with Crippen molar-refractivity contribution in [2.75, 3.05) is 12.3 Å². The standard InChI is InChI=1S/C10H16N8O15P4/c11-8-6-9(14-2-13-8)18(3-15-6)10-7(31-34(19,20)21)5(16-17-12)4(30-10)1-29-36(25,26)33-37(27,28)32-35(22,23)24/h2-5,7,10H,1H2,(H,25,26)(H,27,28)(H2,11,13,14)(H2,19,20,21)(H2,22,23,24)/t4-,5+,7-,10-/m1/s1. The molecule has 8 N–H and O–H groups in total. The Balaban J connectivity index is 1.91. The molecule has 6 atom stereocenters. The zero-order valence-electron chi connectivity index (χ0n) is 17.5. The summed E-state index contributed by atoms with van der Waals surface area (Å²) in [6, 6.07) is -1.69. The van der Waals surface area contributed by atoms with Gasteiger partial charge >= 0.3 is 31.3 Å². The van der Waals surface area contributed by atoms with Crippen LogP contribution in [-0.4, -0.2) is 73.7 Å². The fourth-order valence-corrected chi connectivity index (χ4v) is 6.65. The predicted octanol–water partition coefficient (Wildman–Crippen LogP) is -0.194. The van der Waals surface area contributed by atoms with E-state index in [0.29, 0.717) is 0 Å². The van der Waals surface area contributed by atoms with E-state index >= 15 is 0 Å². The summed E-state index contributed by atoms with van der Waals surface area (Å²) in [6.07, 6.45) is -2.95. The van der Waals surface area contributed by atoms with Crippen molar-refractivity contribution < 1.29 is 70.0 Å². The second kappa shape index (κ2) is 10.7. The van der Waals surface area contributed by atoms with Gasteiger partial charge in [0.1, 0.15) is 17.9 Å². The molecule has 3 rings (SSSR count). The number of nitrogen functional groups attached to an aromatic ring is 1. The van der Waals surface area contributed by atoms with Crippen molar-refractivity contribution in [2.24, 2.45) is 5.11 Å². The van der Waals surface area contributed by atoms with E-state index in [-0.39, 0.29) is 17.0 Å². The number of anilines is 1. The van der Waals surface area contributed by atoms with Crippen LogP contribution in [0.3, 0.4) is 0 Å². The highest BCUT2D eigenvalue weighted by atomic mass is 31.3. The number of imidazole rings is 1. The topological polar surface area (TPSA) is 354 Å². The summed E-state index contributed by atoms with van der Waals surface area (Å²) in [7, 11) is -22.4. The van der Waals surface area contributed by atoms with Crippen LogP contribution in [0.25, 0.3) is 21.6 Å². The normalized spacial score (nSPS) is 25.9. The number of ether oxygens (including phenoxy) is 1. The molecule has 0 aromatic carbocycles. The Morgan fingerprint density at radius 3 is 2.32 bits per heavy atom. The van der Waals surface area contributed by atoms with Gasteiger partial charge in [0.2, 0.25) is 0 Å². The maximum atomic E-state index is 12.1. The minimum atomic E-state index is -5.84. The Morgan fingerprint density at radius 1 is 1.05 bits per heavy atom. The average molecular weight is 612 g/mol. The monoisotopic (exact) mass is 612 g/mol. The van der Waals surface area contributed by atoms with Gasteiger partial charge in [0.25, 0.3) is 0 Å². The zero-order valence-corrected chi connectivity index (χ0v) is 21.1. The number of azide groups is 1. The molecule has 0 bridgehead atoms. The Morgan fingerprint density at radius 2 is 1.73 bits per heavy atom. The van der Waals surface area contributed by atoms with Crippen LogP contribution in [0.4, 0.5) is 5.82 Å². The molecule has 2 unspecified atom stereocenters. The number of aromatic nitrogens is 4. The number of phosphoric ester groups is 2. The van der Waals surface area contributed by atoms with E-state index in [1.807, 2.05) is 0 Å². The predicted molar refractivity (Wildman–Crippen MR) is 113 cm³/mol. The third-order valence-electron chi connectivity index (χ3n) is 4.24. The largest absolute Gasteiger partial charge is 0.490 e. The van der Waals surface area contributed by atoms with Gasteiger partial charge in [0.15, 0.2) is 17.7 Å². The number of phosphoric acid groups is 4. The van der Waals surface area contributed by atoms with Gasteiger partial charge in [-0.2, -0.15) is 8.62 Å². The van der Waals surface area contributed by atoms with Gasteiger partial charge in [-0.15, -0.1) is 0 Å². The molecule has 37 heavy (non-hydrogen) atoms. The lowest BCUT2D eigenvalue weighted by Crippen LogP contribution is -2.33. The van der Waals surface area contributed by atoms with E-state index in [4.69, 9.17) is 30.3 Å². The van der Waals surface area contributed by atoms with Gasteiger partial charge in [0, 0.05) is 4.91 Å². The molecule has 2 aromatic heterocycles. The van der Waals surface area contributed by atoms with Gasteiger partial charge in [-0.05, 0) is 5.53 Å². The number of nitrogens with zero attached hydrogens (tertiary/aromatic N) is 7. The number of fused-ring (bicyclic) bond motifs is 1. The second-order valence-corrected chi connectivity index (χ2v) is 12.4. The first-order valence-electron chi connectivity index (χ1n) is 9.06. The quantitative estimate of drug-likeness (QED) is 0.0747. The van der Waals surface area contributed by atoms with E-state index < -0.39 is 62.4 Å². The summed E-state index contributed by atoms with van der Waals surface area (Å²) in [6.45, 7) is -1.13. The van der Waals surface area contributed by atoms with Crippen molar-refractivity contribution >= 4 is 48.3 Å². The lowest BCUT2D eigenvalue weighted by atomic mass is 10.1. The molecule has 27 heteroatoms. The average Bonchev–Trinajstić information content (AvgIpc) is 3.26. The highest BCUT2D eigenvalue weighted by Crippen LogP contribution is 2.66. The van der Waals surface area contributed by atoms with Crippen molar-refractivity contribution in [3.63, 3.8) is 0 Å². The number of rotatable bonds is 11. The summed E-state index contributed by atoms with van der Waals surface area (Å²) < 4.78 is 68.9. The molecule has 0 aliphatic carbocycles. The van der Waals surface area contributed by atoms with Gasteiger partial charge in [0.05, 0.1) is 25.1 Å². The molecule has 23 nitrogen and oxygen atoms in total. The first kappa shape index (κ1) is 29.7. The van der Waals surface area contributed by atoms with E-state index in [1.54, 1.807) is 0 Å². The maximum absolute atomic E-state index is 12.1. The van der Waals surface area contributed by atoms with Crippen LogP contribution < -0.4 is 5.73 Å². The van der Waals surface area contributed by atoms with Crippen LogP contribution >= 0.6 is 31.3 Å². The highest BCUT2D eigenvalue weighted by molar-refractivity contribution is 7.66. The maximum Gasteiger partial charge on any atom is 0.490 e. The molecule has 1 saturated heterocycles. The number of nitrogens with two attached hydrogens (primary N) is 1. The third-order valence-corrected chi connectivity index (χ3v) is 8.56. The van der Waals surface area contributed by atoms with Crippen LogP contribution in [0.1, 0.15) is 6.23 Å². The molecule has 0 amide bonds. The molecule has 206 valence electrons. The summed E-state index contributed by atoms with van der Waals surface area (Å²) in [4.78, 5) is 68.9. The SMILES string of the molecule is [N-]=[N+]=N[C@@H]1[C@@H](OP(=O)(O)O)[C@H](n2cnc3c(N)ncnc32)O[C@@H]1COP(=O)(O)OP(=O)(O)OP(=O)(O)O. The summed E-state index contributed by atoms with van der Waals surface area (Å²) in [5.74, 6) is -0.0787. The second-order valence-electron chi connectivity index (χ2n) is 6.79. The van der Waals surface area contributed by atoms with Crippen molar-refractivity contribution in [3.8, 4) is 0 Å². The Labute approximate surface area is 203 Å². The lowest BCUT2D eigenvalue weighted by molar-refractivity contribution is -0.0473. The fourth-order valence-electron chi connectivity index (χ4n) is 3.08. The van der Waals surface area contributed by atoms with Crippen molar-refractivity contribution in [1.29, 1.82) is 0 Å². The smallest absolute Gasteiger partial charge is 0.382 e. The van der Waals surface area contributed by atoms with Crippen molar-refractivity contribution in [1.82, 2.24) is 19.5 Å². The Bertz CT molecular complexity index is 1400. The Hall–Kier alpha value is -1.86. The fraction of sp³-hybridized carbons (Fsp3) is 0.500. The highest BCUT2D eigenvalue weighted by Gasteiger charge is 2.50. The molecule has 3 heterocycles. The van der Waals surface area contributed by atoms with Crippen LogP contribution in [0, 0.1) is 0 Å². The van der Waals surface area contributed by atoms with Crippen LogP contribution in [0.2, 0.25) is 0 Å². The lowest BCUT2D eigenvalue weighted by Gasteiger charge is -2.22. The van der Waals surface area contributed by atoms with Crippen LogP contribution in [0.5, 0.6) is 0 Å². The van der Waals surface area contributed by atoms with Gasteiger partial charge in [-0.25, -0.2) is 33.2 Å². The molecule has 2 aromatic rings. The summed E-state index contributed by atoms with van der Waals surface area (Å²) in [5, 5.41) is 3.32. The molecular weight excluding hydrogens is 596 g/mol. The van der Waals surface area contributed by atoms with Gasteiger partial charge < -0.3 is 39.8 Å². The first-order chi connectivity index (χ1) is 16.9. The van der Waals surface area contributed by atoms with Crippen LogP contribution in [0.15, 0.2) is 17.8 Å². The summed E-state index contributed by atoms with van der Waals surface area (Å²) >= 11 is 0. The zero-order chi connectivity index (χ0) is 27.8. The van der Waals surface area contributed by atoms with Gasteiger partial charge in [-0.1, -0.05) is 5.11 Å². The molecule has 1 aliphatic rings. The van der Waals surface area contributed by atoms with Crippen molar-refractivity contribution in [2.45, 2.75) is 24.5 Å². The molecule has 0 spiro atoms. The first-order valence-corrected chi connectivity index (χ1v) is 15.1. The number of hydrogen-bond donors (Lipinski definition) is 7. The molecule has 1 fully saturated rings. The minimum absolute atomic E-state index is 0.0231. The van der Waals surface area contributed by atoms with Gasteiger partial charge in [-0.3, -0.25) is 13.6 Å². The Kier molecular flexibility index (Phi) is 8.60. The van der Waals surface area contributed by atoms with Crippen LogP contribution in [-0.2, 0) is 40.7 Å². The third kappa shape index (κ3) is 7.82. The van der Waals surface area contributed by atoms with E-state index in [9.17, 15) is 37.8 Å². The minimum Gasteiger partial charge on any atom is -0.382 e. The molecule has 1 aliphatic heterocycles. The van der Waals surface area contributed by atoms with E-state index in [0.717, 1.165) is 17.2 Å². The molecule has 0 radical (unpaired) electrons. The summed E-state index contributed by atoms with van der Waals surface area (Å²) in [5.41, 5.74) is 14.7. The van der Waals surface area contributed by atoms with E-state index in [2.05, 4.69) is 38.1 Å².